The topological polar surface area (TPSA) is 193 Å². The third kappa shape index (κ3) is 5.98. The highest BCUT2D eigenvalue weighted by Gasteiger charge is 2.21. The lowest BCUT2D eigenvalue weighted by Gasteiger charge is -2.14. The van der Waals surface area contributed by atoms with E-state index in [2.05, 4.69) is 19.9 Å². The second-order valence-corrected chi connectivity index (χ2v) is 11.6. The van der Waals surface area contributed by atoms with E-state index in [9.17, 15) is 35.5 Å². The molecule has 196 valence electrons. The van der Waals surface area contributed by atoms with Crippen LogP contribution in [-0.2, 0) is 20.2 Å². The Hall–Kier alpha value is -3.87. The summed E-state index contributed by atoms with van der Waals surface area (Å²) in [5, 5.41) is 5.75. The molecular formula is C24H20N3O8PS2. The Balaban J connectivity index is 1.68. The van der Waals surface area contributed by atoms with Crippen molar-refractivity contribution < 1.29 is 35.5 Å². The molecule has 0 spiro atoms. The van der Waals surface area contributed by atoms with E-state index in [0.717, 1.165) is 18.2 Å². The highest BCUT2D eigenvalue weighted by molar-refractivity contribution is 7.86. The van der Waals surface area contributed by atoms with Crippen molar-refractivity contribution in [2.45, 2.75) is 9.79 Å². The second-order valence-electron chi connectivity index (χ2n) is 8.15. The van der Waals surface area contributed by atoms with Crippen LogP contribution in [0.15, 0.2) is 82.6 Å². The maximum atomic E-state index is 13.0. The van der Waals surface area contributed by atoms with Crippen LogP contribution < -0.4 is 21.7 Å². The Kier molecular flexibility index (Phi) is 7.24. The van der Waals surface area contributed by atoms with Crippen molar-refractivity contribution in [2.75, 3.05) is 16.4 Å². The van der Waals surface area contributed by atoms with Crippen LogP contribution in [0.1, 0.15) is 20.7 Å². The normalized spacial score (nSPS) is 11.8. The van der Waals surface area contributed by atoms with Crippen molar-refractivity contribution >= 4 is 74.4 Å². The van der Waals surface area contributed by atoms with Crippen LogP contribution in [0.4, 0.5) is 17.1 Å². The third-order valence-corrected chi connectivity index (χ3v) is 7.62. The van der Waals surface area contributed by atoms with Gasteiger partial charge in [0.25, 0.3) is 32.1 Å². The summed E-state index contributed by atoms with van der Waals surface area (Å²) < 4.78 is 66.4. The Bertz CT molecular complexity index is 1840. The molecule has 1 unspecified atom stereocenters. The van der Waals surface area contributed by atoms with Gasteiger partial charge in [0.05, 0.1) is 10.6 Å². The summed E-state index contributed by atoms with van der Waals surface area (Å²) >= 11 is 0. The van der Waals surface area contributed by atoms with Gasteiger partial charge in [0.15, 0.2) is 0 Å². The summed E-state index contributed by atoms with van der Waals surface area (Å²) in [4.78, 5) is 24.4. The van der Waals surface area contributed by atoms with E-state index in [-0.39, 0.29) is 27.6 Å². The molecule has 0 fully saturated rings. The van der Waals surface area contributed by atoms with Crippen molar-refractivity contribution in [2.24, 2.45) is 0 Å². The smallest absolute Gasteiger partial charge is 0.296 e. The summed E-state index contributed by atoms with van der Waals surface area (Å²) in [6.45, 7) is 0. The largest absolute Gasteiger partial charge is 0.399 e. The quantitative estimate of drug-likeness (QED) is 0.131. The number of fused-ring (bicyclic) bond motifs is 1. The number of amides is 2. The number of hydrogen-bond acceptors (Lipinski definition) is 7. The molecule has 0 heterocycles. The molecule has 6 N–H and O–H groups in total. The summed E-state index contributed by atoms with van der Waals surface area (Å²) in [5.41, 5.74) is 6.48. The van der Waals surface area contributed by atoms with Gasteiger partial charge in [-0.25, -0.2) is 0 Å². The molecule has 0 aliphatic heterocycles. The zero-order chi connectivity index (χ0) is 27.8. The number of carbonyl (C=O) groups is 2. The molecule has 1 atom stereocenters. The number of hydrogen-bond donors (Lipinski definition) is 5. The van der Waals surface area contributed by atoms with E-state index in [1.807, 2.05) is 0 Å². The SMILES string of the molecule is Nc1cccc(C(=O)Nc2cccc(C(=O)Nc3cc4c(P)cc(S(=O)(=O)O)cc4cc3S(=O)(=O)O)c2)c1. The first-order valence-electron chi connectivity index (χ1n) is 10.6. The first kappa shape index (κ1) is 27.2. The molecule has 0 saturated carbocycles. The highest BCUT2D eigenvalue weighted by Crippen LogP contribution is 2.30. The van der Waals surface area contributed by atoms with E-state index in [1.165, 1.54) is 30.3 Å². The molecule has 14 heteroatoms. The van der Waals surface area contributed by atoms with Crippen LogP contribution in [0.2, 0.25) is 0 Å². The first-order chi connectivity index (χ1) is 17.7. The monoisotopic (exact) mass is 573 g/mol. The van der Waals surface area contributed by atoms with Gasteiger partial charge in [0.1, 0.15) is 4.90 Å². The number of nitrogen functional groups attached to an aromatic ring is 1. The molecule has 38 heavy (non-hydrogen) atoms. The lowest BCUT2D eigenvalue weighted by Crippen LogP contribution is -2.16. The Labute approximate surface area is 219 Å². The molecule has 0 saturated heterocycles. The van der Waals surface area contributed by atoms with Crippen molar-refractivity contribution in [1.82, 2.24) is 0 Å². The highest BCUT2D eigenvalue weighted by atomic mass is 32.2. The molecular weight excluding hydrogens is 553 g/mol. The van der Waals surface area contributed by atoms with Crippen LogP contribution in [-0.4, -0.2) is 37.8 Å². The predicted octanol–water partition coefficient (Wildman–Crippen LogP) is 2.92. The summed E-state index contributed by atoms with van der Waals surface area (Å²) in [7, 11) is -7.21. The summed E-state index contributed by atoms with van der Waals surface area (Å²) in [6.07, 6.45) is 0. The fraction of sp³-hybridized carbons (Fsp3) is 0. The van der Waals surface area contributed by atoms with Gasteiger partial charge >= 0.3 is 0 Å². The van der Waals surface area contributed by atoms with Crippen LogP contribution in [0.5, 0.6) is 0 Å². The minimum atomic E-state index is -4.87. The minimum Gasteiger partial charge on any atom is -0.399 e. The Morgan fingerprint density at radius 3 is 2.03 bits per heavy atom. The average molecular weight is 574 g/mol. The standard InChI is InChI=1S/C24H20N3O8PS2/c25-16-5-1-3-13(7-16)23(28)26-17-6-2-4-14(8-17)24(29)27-20-12-19-15(10-22(20)38(33,34)35)9-18(11-21(19)36)37(30,31)32/h1-12H,25,36H2,(H,26,28)(H,27,29)(H,30,31,32)(H,33,34,35). The molecule has 0 aliphatic carbocycles. The van der Waals surface area contributed by atoms with E-state index in [4.69, 9.17) is 5.73 Å². The Morgan fingerprint density at radius 2 is 1.39 bits per heavy atom. The number of carbonyl (C=O) groups excluding carboxylic acids is 2. The van der Waals surface area contributed by atoms with Crippen molar-refractivity contribution in [3.05, 3.63) is 83.9 Å². The average Bonchev–Trinajstić information content (AvgIpc) is 2.83. The van der Waals surface area contributed by atoms with Gasteiger partial charge in [0, 0.05) is 22.5 Å². The Morgan fingerprint density at radius 1 is 0.763 bits per heavy atom. The van der Waals surface area contributed by atoms with Gasteiger partial charge in [-0.3, -0.25) is 18.7 Å². The molecule has 4 aromatic carbocycles. The number of anilines is 3. The second kappa shape index (κ2) is 10.1. The van der Waals surface area contributed by atoms with Crippen molar-refractivity contribution in [1.29, 1.82) is 0 Å². The van der Waals surface area contributed by atoms with E-state index in [1.54, 1.807) is 24.3 Å². The molecule has 0 radical (unpaired) electrons. The van der Waals surface area contributed by atoms with Gasteiger partial charge in [-0.1, -0.05) is 12.1 Å². The number of nitrogens with two attached hydrogens (primary N) is 1. The third-order valence-electron chi connectivity index (χ3n) is 5.41. The lowest BCUT2D eigenvalue weighted by atomic mass is 10.1. The van der Waals surface area contributed by atoms with Gasteiger partial charge < -0.3 is 16.4 Å². The molecule has 11 nitrogen and oxygen atoms in total. The van der Waals surface area contributed by atoms with E-state index in [0.29, 0.717) is 16.6 Å². The number of nitrogens with one attached hydrogen (secondary N) is 2. The van der Waals surface area contributed by atoms with Gasteiger partial charge in [0.2, 0.25) is 0 Å². The van der Waals surface area contributed by atoms with Gasteiger partial charge in [-0.2, -0.15) is 16.8 Å². The zero-order valence-electron chi connectivity index (χ0n) is 19.2. The maximum Gasteiger partial charge on any atom is 0.296 e. The van der Waals surface area contributed by atoms with Crippen LogP contribution in [0, 0.1) is 0 Å². The van der Waals surface area contributed by atoms with Crippen molar-refractivity contribution in [3.8, 4) is 0 Å². The zero-order valence-corrected chi connectivity index (χ0v) is 22.0. The van der Waals surface area contributed by atoms with Crippen LogP contribution >= 0.6 is 9.24 Å². The predicted molar refractivity (Wildman–Crippen MR) is 146 cm³/mol. The lowest BCUT2D eigenvalue weighted by molar-refractivity contribution is 0.101. The first-order valence-corrected chi connectivity index (χ1v) is 14.1. The van der Waals surface area contributed by atoms with E-state index < -0.39 is 41.8 Å². The van der Waals surface area contributed by atoms with Gasteiger partial charge in [-0.05, 0) is 76.7 Å². The number of benzene rings is 4. The van der Waals surface area contributed by atoms with Crippen molar-refractivity contribution in [3.63, 3.8) is 0 Å². The molecule has 0 bridgehead atoms. The number of rotatable bonds is 6. The summed E-state index contributed by atoms with van der Waals surface area (Å²) in [5.74, 6) is -1.22. The fourth-order valence-electron chi connectivity index (χ4n) is 3.67. The maximum absolute atomic E-state index is 13.0. The molecule has 4 rings (SSSR count). The summed E-state index contributed by atoms with van der Waals surface area (Å²) in [6, 6.07) is 16.6. The van der Waals surface area contributed by atoms with Gasteiger partial charge in [-0.15, -0.1) is 9.24 Å². The molecule has 0 aromatic heterocycles. The molecule has 0 aliphatic rings. The fourth-order valence-corrected chi connectivity index (χ4v) is 5.43. The molecule has 2 amide bonds. The van der Waals surface area contributed by atoms with E-state index >= 15 is 0 Å². The van der Waals surface area contributed by atoms with Crippen LogP contribution in [0.25, 0.3) is 10.8 Å². The molecule has 4 aromatic rings. The minimum absolute atomic E-state index is 0.0598. The van der Waals surface area contributed by atoms with Crippen LogP contribution in [0.3, 0.4) is 0 Å².